The third kappa shape index (κ3) is 4.40. The van der Waals surface area contributed by atoms with E-state index in [0.29, 0.717) is 21.0 Å². The molecule has 0 aliphatic heterocycles. The first-order valence-electron chi connectivity index (χ1n) is 7.32. The van der Waals surface area contributed by atoms with Crippen molar-refractivity contribution in [3.63, 3.8) is 0 Å². The summed E-state index contributed by atoms with van der Waals surface area (Å²) in [5, 5.41) is 4.99. The molecule has 3 aromatic rings. The summed E-state index contributed by atoms with van der Waals surface area (Å²) >= 11 is 4.51. The minimum Gasteiger partial charge on any atom is -0.480 e. The van der Waals surface area contributed by atoms with Gasteiger partial charge in [0, 0.05) is 11.6 Å². The number of nitrogens with zero attached hydrogens (tertiary/aromatic N) is 2. The Kier molecular flexibility index (Phi) is 5.40. The molecule has 5 nitrogen and oxygen atoms in total. The summed E-state index contributed by atoms with van der Waals surface area (Å²) in [4.78, 5) is 20.8. The van der Waals surface area contributed by atoms with Crippen molar-refractivity contribution in [3.05, 3.63) is 58.3 Å². The van der Waals surface area contributed by atoms with E-state index in [2.05, 4.69) is 31.2 Å². The molecule has 0 radical (unpaired) electrons. The molecule has 0 saturated heterocycles. The van der Waals surface area contributed by atoms with Crippen molar-refractivity contribution >= 4 is 38.3 Å². The van der Waals surface area contributed by atoms with Gasteiger partial charge in [0.05, 0.1) is 10.2 Å². The first kappa shape index (κ1) is 17.5. The highest BCUT2D eigenvalue weighted by atomic mass is 79.9. The average Bonchev–Trinajstić information content (AvgIpc) is 3.06. The van der Waals surface area contributed by atoms with Gasteiger partial charge in [-0.3, -0.25) is 15.1 Å². The molecular formula is C17H13BrFN3O2S. The Morgan fingerprint density at radius 3 is 2.88 bits per heavy atom. The largest absolute Gasteiger partial charge is 0.480 e. The number of benzene rings is 1. The smallest absolute Gasteiger partial charge is 0.266 e. The van der Waals surface area contributed by atoms with Crippen molar-refractivity contribution in [1.29, 1.82) is 0 Å². The monoisotopic (exact) mass is 421 g/mol. The lowest BCUT2D eigenvalue weighted by Crippen LogP contribution is -2.30. The molecule has 25 heavy (non-hydrogen) atoms. The quantitative estimate of drug-likeness (QED) is 0.657. The number of hydrogen-bond acceptors (Lipinski definition) is 5. The van der Waals surface area contributed by atoms with Gasteiger partial charge < -0.3 is 4.74 Å². The summed E-state index contributed by atoms with van der Waals surface area (Å²) in [6, 6.07) is 9.55. The van der Waals surface area contributed by atoms with E-state index >= 15 is 0 Å². The van der Waals surface area contributed by atoms with Gasteiger partial charge in [-0.05, 0) is 53.2 Å². The van der Waals surface area contributed by atoms with Crippen molar-refractivity contribution in [2.75, 3.05) is 5.32 Å². The highest BCUT2D eigenvalue weighted by Gasteiger charge is 2.18. The van der Waals surface area contributed by atoms with Crippen LogP contribution in [0.1, 0.15) is 6.92 Å². The Bertz CT molecular complexity index is 889. The molecule has 2 heterocycles. The van der Waals surface area contributed by atoms with Crippen LogP contribution in [0.15, 0.2) is 52.4 Å². The van der Waals surface area contributed by atoms with Crippen LogP contribution in [0.4, 0.5) is 9.52 Å². The zero-order chi connectivity index (χ0) is 17.8. The molecule has 1 unspecified atom stereocenters. The van der Waals surface area contributed by atoms with Crippen molar-refractivity contribution in [1.82, 2.24) is 9.97 Å². The van der Waals surface area contributed by atoms with Crippen molar-refractivity contribution in [2.45, 2.75) is 13.0 Å². The molecule has 0 aliphatic rings. The lowest BCUT2D eigenvalue weighted by atomic mass is 10.3. The van der Waals surface area contributed by atoms with E-state index in [-0.39, 0.29) is 11.7 Å². The van der Waals surface area contributed by atoms with Crippen molar-refractivity contribution < 1.29 is 13.9 Å². The minimum absolute atomic E-state index is 0.349. The maximum Gasteiger partial charge on any atom is 0.266 e. The van der Waals surface area contributed by atoms with E-state index in [1.165, 1.54) is 29.5 Å². The number of nitrogens with one attached hydrogen (secondary N) is 1. The zero-order valence-electron chi connectivity index (χ0n) is 13.1. The van der Waals surface area contributed by atoms with Crippen LogP contribution in [-0.2, 0) is 4.79 Å². The molecule has 8 heteroatoms. The van der Waals surface area contributed by atoms with Gasteiger partial charge in [0.25, 0.3) is 5.91 Å². The molecule has 0 aliphatic carbocycles. The van der Waals surface area contributed by atoms with Crippen LogP contribution in [0.3, 0.4) is 0 Å². The second-order valence-electron chi connectivity index (χ2n) is 5.08. The number of amides is 1. The number of carbonyl (C=O) groups is 1. The number of anilines is 1. The van der Waals surface area contributed by atoms with Gasteiger partial charge in [0.2, 0.25) is 0 Å². The van der Waals surface area contributed by atoms with Crippen molar-refractivity contribution in [2.24, 2.45) is 0 Å². The number of ether oxygens (including phenoxy) is 1. The molecule has 128 valence electrons. The predicted octanol–water partition coefficient (Wildman–Crippen LogP) is 4.51. The first-order chi connectivity index (χ1) is 12.0. The molecule has 1 atom stereocenters. The fourth-order valence-corrected chi connectivity index (χ4v) is 3.14. The normalized spacial score (nSPS) is 11.8. The van der Waals surface area contributed by atoms with Crippen LogP contribution in [0.2, 0.25) is 0 Å². The van der Waals surface area contributed by atoms with Gasteiger partial charge in [-0.25, -0.2) is 9.37 Å². The van der Waals surface area contributed by atoms with E-state index < -0.39 is 6.10 Å². The highest BCUT2D eigenvalue weighted by Crippen LogP contribution is 2.27. The summed E-state index contributed by atoms with van der Waals surface area (Å²) in [7, 11) is 0. The van der Waals surface area contributed by atoms with Gasteiger partial charge in [-0.1, -0.05) is 6.07 Å². The number of rotatable bonds is 5. The summed E-state index contributed by atoms with van der Waals surface area (Å²) in [6.07, 6.45) is 0.910. The average molecular weight is 422 g/mol. The summed E-state index contributed by atoms with van der Waals surface area (Å²) < 4.78 is 19.1. The van der Waals surface area contributed by atoms with Gasteiger partial charge in [0.15, 0.2) is 11.2 Å². The molecule has 2 aromatic heterocycles. The second kappa shape index (κ2) is 7.71. The summed E-state index contributed by atoms with van der Waals surface area (Å²) in [5.74, 6) is -0.350. The Balaban J connectivity index is 1.65. The van der Waals surface area contributed by atoms with E-state index in [1.807, 2.05) is 23.6 Å². The highest BCUT2D eigenvalue weighted by molar-refractivity contribution is 9.10. The van der Waals surface area contributed by atoms with Crippen molar-refractivity contribution in [3.8, 4) is 17.1 Å². The van der Waals surface area contributed by atoms with Gasteiger partial charge >= 0.3 is 0 Å². The topological polar surface area (TPSA) is 64.1 Å². The third-order valence-electron chi connectivity index (χ3n) is 3.23. The Morgan fingerprint density at radius 1 is 1.32 bits per heavy atom. The van der Waals surface area contributed by atoms with E-state index in [9.17, 15) is 9.18 Å². The maximum absolute atomic E-state index is 13.1. The summed E-state index contributed by atoms with van der Waals surface area (Å²) in [5.41, 5.74) is 1.43. The van der Waals surface area contributed by atoms with E-state index in [1.54, 1.807) is 13.1 Å². The van der Waals surface area contributed by atoms with E-state index in [0.717, 1.165) is 5.69 Å². The number of hydrogen-bond donors (Lipinski definition) is 1. The Morgan fingerprint density at radius 2 is 2.16 bits per heavy atom. The molecule has 0 saturated carbocycles. The van der Waals surface area contributed by atoms with Crippen LogP contribution in [0.25, 0.3) is 11.4 Å². The fourth-order valence-electron chi connectivity index (χ4n) is 1.98. The van der Waals surface area contributed by atoms with Crippen LogP contribution >= 0.6 is 27.3 Å². The maximum atomic E-state index is 13.1. The number of halogens is 2. The van der Waals surface area contributed by atoms with Gasteiger partial charge in [0.1, 0.15) is 17.3 Å². The SMILES string of the molecule is CC(Oc1ccc(F)cc1Br)C(=O)Nc1nc(-c2ccccn2)cs1. The van der Waals surface area contributed by atoms with Crippen LogP contribution in [-0.4, -0.2) is 22.0 Å². The molecule has 1 aromatic carbocycles. The third-order valence-corrected chi connectivity index (χ3v) is 4.61. The summed E-state index contributed by atoms with van der Waals surface area (Å²) in [6.45, 7) is 1.61. The predicted molar refractivity (Wildman–Crippen MR) is 98.2 cm³/mol. The number of carbonyl (C=O) groups excluding carboxylic acids is 1. The van der Waals surface area contributed by atoms with Gasteiger partial charge in [-0.2, -0.15) is 0 Å². The lowest BCUT2D eigenvalue weighted by molar-refractivity contribution is -0.122. The fraction of sp³-hybridized carbons (Fsp3) is 0.118. The molecule has 1 N–H and O–H groups in total. The van der Waals surface area contributed by atoms with Crippen LogP contribution in [0, 0.1) is 5.82 Å². The van der Waals surface area contributed by atoms with Crippen LogP contribution in [0.5, 0.6) is 5.75 Å². The van der Waals surface area contributed by atoms with E-state index in [4.69, 9.17) is 4.74 Å². The second-order valence-corrected chi connectivity index (χ2v) is 6.79. The molecular weight excluding hydrogens is 409 g/mol. The van der Waals surface area contributed by atoms with Gasteiger partial charge in [-0.15, -0.1) is 11.3 Å². The zero-order valence-corrected chi connectivity index (χ0v) is 15.5. The molecule has 0 spiro atoms. The molecule has 3 rings (SSSR count). The Labute approximate surface area is 156 Å². The lowest BCUT2D eigenvalue weighted by Gasteiger charge is -2.14. The number of aromatic nitrogens is 2. The molecule has 0 fully saturated rings. The number of pyridine rings is 1. The standard InChI is InChI=1S/C17H13BrFN3O2S/c1-10(24-15-6-5-11(19)8-12(15)18)16(23)22-17-21-14(9-25-17)13-4-2-3-7-20-13/h2-10H,1H3,(H,21,22,23). The van der Waals surface area contributed by atoms with Crippen LogP contribution < -0.4 is 10.1 Å². The first-order valence-corrected chi connectivity index (χ1v) is 8.99. The molecule has 0 bridgehead atoms. The molecule has 1 amide bonds. The Hall–Kier alpha value is -2.32. The minimum atomic E-state index is -0.774. The number of thiazole rings is 1.